The highest BCUT2D eigenvalue weighted by Crippen LogP contribution is 2.47. The third-order valence-electron chi connectivity index (χ3n) is 12.8. The van der Waals surface area contributed by atoms with Crippen LogP contribution in [0.3, 0.4) is 0 Å². The lowest BCUT2D eigenvalue weighted by Crippen LogP contribution is -2.69. The maximum Gasteiger partial charge on any atom is 0.234 e. The molecule has 14 heteroatoms. The minimum absolute atomic E-state index is 0.0868. The van der Waals surface area contributed by atoms with Crippen molar-refractivity contribution in [3.05, 3.63) is 84.4 Å². The van der Waals surface area contributed by atoms with Crippen molar-refractivity contribution < 1.29 is 23.5 Å². The fourth-order valence-electron chi connectivity index (χ4n) is 9.63. The van der Waals surface area contributed by atoms with Gasteiger partial charge in [0.1, 0.15) is 23.6 Å². The fraction of sp³-hybridized carbons (Fsp3) is 0.405. The Bertz CT molecular complexity index is 2290. The average Bonchev–Trinajstić information content (AvgIpc) is 3.86. The molecule has 1 saturated carbocycles. The Morgan fingerprint density at radius 3 is 2.23 bits per heavy atom. The molecule has 3 unspecified atom stereocenters. The Kier molecular flexibility index (Phi) is 8.62. The van der Waals surface area contributed by atoms with Crippen LogP contribution in [0.25, 0.3) is 22.3 Å². The minimum atomic E-state index is -0.552. The molecule has 2 aromatic heterocycles. The van der Waals surface area contributed by atoms with Crippen molar-refractivity contribution in [2.75, 3.05) is 57.0 Å². The summed E-state index contributed by atoms with van der Waals surface area (Å²) in [4.78, 5) is 40.6. The number of likely N-dealkylation sites (tertiary alicyclic amines) is 2. The quantitative estimate of drug-likeness (QED) is 0.196. The summed E-state index contributed by atoms with van der Waals surface area (Å²) >= 11 is 0. The molecule has 288 valence electrons. The zero-order valence-corrected chi connectivity index (χ0v) is 31.2. The number of carbonyl (C=O) groups is 2. The number of ether oxygens (including phenoxy) is 2. The van der Waals surface area contributed by atoms with Crippen LogP contribution in [-0.2, 0) is 9.59 Å². The molecule has 6 heterocycles. The van der Waals surface area contributed by atoms with Crippen LogP contribution in [0.15, 0.2) is 73.1 Å². The van der Waals surface area contributed by atoms with Gasteiger partial charge in [-0.1, -0.05) is 18.2 Å². The molecule has 4 aliphatic heterocycles. The molecule has 10 rings (SSSR count). The number of halogens is 1. The van der Waals surface area contributed by atoms with E-state index in [0.29, 0.717) is 48.3 Å². The van der Waals surface area contributed by atoms with Gasteiger partial charge in [0.25, 0.3) is 0 Å². The van der Waals surface area contributed by atoms with Crippen LogP contribution >= 0.6 is 0 Å². The second-order valence-corrected chi connectivity index (χ2v) is 16.0. The van der Waals surface area contributed by atoms with Crippen molar-refractivity contribution in [2.24, 2.45) is 11.8 Å². The number of benzene rings is 3. The number of hydrogen-bond donors (Lipinski definition) is 2. The number of hydrogen-bond acceptors (Lipinski definition) is 11. The smallest absolute Gasteiger partial charge is 0.234 e. The van der Waals surface area contributed by atoms with E-state index in [1.54, 1.807) is 30.3 Å². The topological polar surface area (TPSA) is 144 Å². The normalized spacial score (nSPS) is 24.6. The fourth-order valence-corrected chi connectivity index (χ4v) is 9.63. The number of piperidine rings is 1. The van der Waals surface area contributed by atoms with E-state index in [1.807, 2.05) is 24.3 Å². The summed E-state index contributed by atoms with van der Waals surface area (Å²) in [6, 6.07) is 21.9. The molecule has 5 aromatic rings. The average molecular weight is 758 g/mol. The Balaban J connectivity index is 0.740. The summed E-state index contributed by atoms with van der Waals surface area (Å²) in [5.74, 6) is 1.16. The molecule has 0 spiro atoms. The number of amides is 2. The number of nitrogens with two attached hydrogens (primary N) is 1. The summed E-state index contributed by atoms with van der Waals surface area (Å²) in [5, 5.41) is 8.34. The number of nitrogens with one attached hydrogen (secondary N) is 1. The van der Waals surface area contributed by atoms with Crippen LogP contribution in [0.5, 0.6) is 17.2 Å². The minimum Gasteiger partial charge on any atom is -0.494 e. The highest BCUT2D eigenvalue weighted by Gasteiger charge is 2.48. The number of imide groups is 1. The van der Waals surface area contributed by atoms with Crippen molar-refractivity contribution in [3.8, 4) is 28.5 Å². The molecule has 1 aliphatic carbocycles. The molecule has 4 saturated heterocycles. The van der Waals surface area contributed by atoms with Gasteiger partial charge in [0.15, 0.2) is 17.1 Å². The molecule has 0 bridgehead atoms. The second-order valence-electron chi connectivity index (χ2n) is 16.0. The molecule has 3 aromatic carbocycles. The van der Waals surface area contributed by atoms with Gasteiger partial charge in [0.2, 0.25) is 17.6 Å². The van der Waals surface area contributed by atoms with Crippen molar-refractivity contribution in [1.82, 2.24) is 34.9 Å². The third-order valence-corrected chi connectivity index (χ3v) is 12.8. The first-order chi connectivity index (χ1) is 27.3. The Labute approximate surface area is 323 Å². The third kappa shape index (κ3) is 6.11. The van der Waals surface area contributed by atoms with Gasteiger partial charge in [0, 0.05) is 69.0 Å². The summed E-state index contributed by atoms with van der Waals surface area (Å²) in [7, 11) is 1.42. The summed E-state index contributed by atoms with van der Waals surface area (Å²) in [6.45, 7) is 6.52. The number of methoxy groups -OCH3 is 1. The van der Waals surface area contributed by atoms with Gasteiger partial charge in [-0.15, -0.1) is 0 Å². The number of nitrogens with zero attached hydrogens (tertiary/aromatic N) is 7. The first-order valence-corrected chi connectivity index (χ1v) is 19.6. The lowest BCUT2D eigenvalue weighted by Gasteiger charge is -2.54. The van der Waals surface area contributed by atoms with Crippen LogP contribution in [0.4, 0.5) is 15.9 Å². The number of aromatic nitrogens is 4. The van der Waals surface area contributed by atoms with Crippen molar-refractivity contribution >= 4 is 34.4 Å². The van der Waals surface area contributed by atoms with E-state index >= 15 is 0 Å². The predicted octanol–water partition coefficient (Wildman–Crippen LogP) is 4.99. The van der Waals surface area contributed by atoms with E-state index in [2.05, 4.69) is 46.8 Å². The molecule has 3 N–H and O–H groups in total. The Hall–Kier alpha value is -5.60. The van der Waals surface area contributed by atoms with Crippen molar-refractivity contribution in [2.45, 2.75) is 49.7 Å². The van der Waals surface area contributed by atoms with E-state index in [0.717, 1.165) is 80.0 Å². The van der Waals surface area contributed by atoms with Gasteiger partial charge >= 0.3 is 0 Å². The molecule has 56 heavy (non-hydrogen) atoms. The van der Waals surface area contributed by atoms with Gasteiger partial charge in [-0.25, -0.2) is 14.6 Å². The maximum absolute atomic E-state index is 14.7. The van der Waals surface area contributed by atoms with Gasteiger partial charge in [-0.3, -0.25) is 24.7 Å². The van der Waals surface area contributed by atoms with E-state index in [1.165, 1.54) is 19.1 Å². The molecule has 2 amide bonds. The van der Waals surface area contributed by atoms with Crippen LogP contribution in [0, 0.1) is 17.7 Å². The van der Waals surface area contributed by atoms with E-state index in [-0.39, 0.29) is 35.3 Å². The first kappa shape index (κ1) is 34.9. The largest absolute Gasteiger partial charge is 0.494 e. The van der Waals surface area contributed by atoms with Crippen LogP contribution < -0.4 is 25.4 Å². The monoisotopic (exact) mass is 757 g/mol. The first-order valence-electron chi connectivity index (χ1n) is 19.6. The van der Waals surface area contributed by atoms with E-state index in [9.17, 15) is 14.0 Å². The van der Waals surface area contributed by atoms with Gasteiger partial charge in [-0.2, -0.15) is 9.49 Å². The van der Waals surface area contributed by atoms with Gasteiger partial charge in [-0.05, 0) is 85.2 Å². The van der Waals surface area contributed by atoms with Gasteiger partial charge in [0.05, 0.1) is 24.5 Å². The van der Waals surface area contributed by atoms with Gasteiger partial charge < -0.3 is 20.1 Å². The molecule has 0 radical (unpaired) electrons. The zero-order valence-electron chi connectivity index (χ0n) is 31.2. The van der Waals surface area contributed by atoms with Crippen molar-refractivity contribution in [3.63, 3.8) is 0 Å². The number of rotatable bonds is 9. The van der Waals surface area contributed by atoms with Crippen LogP contribution in [-0.4, -0.2) is 99.8 Å². The molecule has 13 nitrogen and oxygen atoms in total. The van der Waals surface area contributed by atoms with Crippen molar-refractivity contribution in [1.29, 1.82) is 0 Å². The SMILES string of the molecule is COc1cccc(Oc2ccc(-c3nn(C4CC5CN(C6CN(C7CN(c8ccc(C9CCC(=O)NC9=O)cc8)C7)C6)CC5C4)c4ncnc(N)c34)cc2)c1F. The molecule has 5 fully saturated rings. The van der Waals surface area contributed by atoms with E-state index in [4.69, 9.17) is 20.3 Å². The predicted molar refractivity (Wildman–Crippen MR) is 208 cm³/mol. The lowest BCUT2D eigenvalue weighted by molar-refractivity contribution is -0.134. The van der Waals surface area contributed by atoms with Crippen LogP contribution in [0.1, 0.15) is 43.2 Å². The molecule has 5 aliphatic rings. The summed E-state index contributed by atoms with van der Waals surface area (Å²) in [5.41, 5.74) is 10.9. The zero-order chi connectivity index (χ0) is 38.1. The number of nitrogen functional groups attached to an aromatic ring is 1. The highest BCUT2D eigenvalue weighted by atomic mass is 19.1. The second kappa shape index (κ2) is 13.9. The number of fused-ring (bicyclic) bond motifs is 2. The van der Waals surface area contributed by atoms with E-state index < -0.39 is 5.82 Å². The lowest BCUT2D eigenvalue weighted by atomic mass is 9.90. The molecular formula is C42H44FN9O4. The molecular weight excluding hydrogens is 714 g/mol. The summed E-state index contributed by atoms with van der Waals surface area (Å²) in [6.07, 6.45) is 4.59. The number of carbonyl (C=O) groups excluding carboxylic acids is 2. The highest BCUT2D eigenvalue weighted by molar-refractivity contribution is 6.01. The standard InChI is InChI=1S/C42H44FN9O4/c1-55-34-3-2-4-35(38(34)43)56-32-11-7-25(8-12-32)39-37-40(44)45-23-46-41(37)52(48-39)29-15-26-17-49(18-27(26)16-29)30-21-51(22-30)31-19-50(20-31)28-9-5-24(6-10-28)33-13-14-36(53)47-42(33)54/h2-12,23,26-27,29-31,33H,13-22H2,1H3,(H2,44,45,46)(H,47,53,54). The number of anilines is 2. The Morgan fingerprint density at radius 1 is 0.821 bits per heavy atom. The Morgan fingerprint density at radius 2 is 1.52 bits per heavy atom. The summed E-state index contributed by atoms with van der Waals surface area (Å²) < 4.78 is 27.7. The molecule has 3 atom stereocenters. The maximum atomic E-state index is 14.7. The van der Waals surface area contributed by atoms with Crippen LogP contribution in [0.2, 0.25) is 0 Å².